The van der Waals surface area contributed by atoms with Gasteiger partial charge in [-0.05, 0) is 37.5 Å². The summed E-state index contributed by atoms with van der Waals surface area (Å²) in [7, 11) is 0. The van der Waals surface area contributed by atoms with Crippen LogP contribution in [0.2, 0.25) is 0 Å². The van der Waals surface area contributed by atoms with Gasteiger partial charge >= 0.3 is 0 Å². The van der Waals surface area contributed by atoms with E-state index in [2.05, 4.69) is 10.5 Å². The largest absolute Gasteiger partial charge is 0.355 e. The maximum atomic E-state index is 13.3. The van der Waals surface area contributed by atoms with E-state index >= 15 is 0 Å². The zero-order valence-electron chi connectivity index (χ0n) is 14.1. The normalized spacial score (nSPS) is 14.3. The van der Waals surface area contributed by atoms with Crippen molar-refractivity contribution >= 4 is 11.8 Å². The Morgan fingerprint density at radius 3 is 2.62 bits per heavy atom. The molecule has 0 aliphatic carbocycles. The first kappa shape index (κ1) is 18.0. The second-order valence-electron chi connectivity index (χ2n) is 6.15. The Balaban J connectivity index is 1.53. The van der Waals surface area contributed by atoms with Crippen LogP contribution < -0.4 is 5.32 Å². The van der Waals surface area contributed by atoms with E-state index in [0.717, 1.165) is 44.5 Å². The molecule has 1 fully saturated rings. The van der Waals surface area contributed by atoms with Crippen molar-refractivity contribution in [3.63, 3.8) is 0 Å². The van der Waals surface area contributed by atoms with Crippen LogP contribution in [0.25, 0.3) is 11.3 Å². The van der Waals surface area contributed by atoms with E-state index in [1.165, 1.54) is 12.1 Å². The summed E-state index contributed by atoms with van der Waals surface area (Å²) >= 11 is 0. The van der Waals surface area contributed by atoms with Crippen LogP contribution in [0.1, 0.15) is 36.2 Å². The van der Waals surface area contributed by atoms with Gasteiger partial charge in [-0.1, -0.05) is 5.16 Å². The summed E-state index contributed by atoms with van der Waals surface area (Å²) in [5, 5.41) is 6.24. The van der Waals surface area contributed by atoms with E-state index in [-0.39, 0.29) is 35.9 Å². The number of amides is 2. The van der Waals surface area contributed by atoms with Crippen LogP contribution in [-0.2, 0) is 4.79 Å². The molecule has 3 rings (SSSR count). The lowest BCUT2D eigenvalue weighted by Crippen LogP contribution is -2.37. The van der Waals surface area contributed by atoms with Gasteiger partial charge in [0, 0.05) is 37.7 Å². The number of carbonyl (C=O) groups is 2. The highest BCUT2D eigenvalue weighted by Gasteiger charge is 2.18. The molecule has 0 saturated carbocycles. The summed E-state index contributed by atoms with van der Waals surface area (Å²) in [4.78, 5) is 25.9. The minimum absolute atomic E-state index is 0.00940. The molecule has 2 heterocycles. The Morgan fingerprint density at radius 1 is 1.12 bits per heavy atom. The van der Waals surface area contributed by atoms with Crippen LogP contribution in [0.3, 0.4) is 0 Å². The van der Waals surface area contributed by atoms with Gasteiger partial charge in [0.2, 0.25) is 5.91 Å². The predicted octanol–water partition coefficient (Wildman–Crippen LogP) is 2.75. The van der Waals surface area contributed by atoms with Crippen LogP contribution in [0, 0.1) is 11.6 Å². The lowest BCUT2D eigenvalue weighted by Gasteiger charge is -2.26. The van der Waals surface area contributed by atoms with Crippen molar-refractivity contribution in [3.05, 3.63) is 41.6 Å². The third-order valence-electron chi connectivity index (χ3n) is 4.28. The summed E-state index contributed by atoms with van der Waals surface area (Å²) < 4.78 is 31.3. The van der Waals surface area contributed by atoms with E-state index in [1.807, 2.05) is 4.90 Å². The van der Waals surface area contributed by atoms with E-state index in [1.54, 1.807) is 0 Å². The molecule has 1 N–H and O–H groups in total. The second kappa shape index (κ2) is 8.07. The topological polar surface area (TPSA) is 75.4 Å². The van der Waals surface area contributed by atoms with Crippen molar-refractivity contribution in [1.29, 1.82) is 0 Å². The molecule has 6 nitrogen and oxygen atoms in total. The van der Waals surface area contributed by atoms with Gasteiger partial charge in [0.15, 0.2) is 23.1 Å². The molecule has 2 aromatic rings. The van der Waals surface area contributed by atoms with Gasteiger partial charge in [-0.25, -0.2) is 8.78 Å². The first-order chi connectivity index (χ1) is 12.5. The first-order valence-electron chi connectivity index (χ1n) is 8.53. The molecule has 0 atom stereocenters. The second-order valence-corrected chi connectivity index (χ2v) is 6.15. The van der Waals surface area contributed by atoms with Crippen LogP contribution in [-0.4, -0.2) is 41.5 Å². The molecule has 2 amide bonds. The number of halogens is 2. The maximum absolute atomic E-state index is 13.3. The van der Waals surface area contributed by atoms with E-state index in [4.69, 9.17) is 4.52 Å². The van der Waals surface area contributed by atoms with Gasteiger partial charge in [0.05, 0.1) is 0 Å². The highest BCUT2D eigenvalue weighted by atomic mass is 19.2. The fourth-order valence-electron chi connectivity index (χ4n) is 2.84. The zero-order chi connectivity index (χ0) is 18.5. The van der Waals surface area contributed by atoms with E-state index < -0.39 is 17.5 Å². The molecule has 1 aliphatic rings. The molecule has 0 spiro atoms. The molecule has 1 aliphatic heterocycles. The van der Waals surface area contributed by atoms with Crippen LogP contribution in [0.4, 0.5) is 8.78 Å². The Labute approximate surface area is 149 Å². The van der Waals surface area contributed by atoms with Crippen molar-refractivity contribution in [2.75, 3.05) is 19.6 Å². The fraction of sp³-hybridized carbons (Fsp3) is 0.389. The van der Waals surface area contributed by atoms with Crippen molar-refractivity contribution in [2.24, 2.45) is 0 Å². The van der Waals surface area contributed by atoms with Gasteiger partial charge in [-0.3, -0.25) is 9.59 Å². The molecule has 8 heteroatoms. The number of nitrogens with zero attached hydrogens (tertiary/aromatic N) is 2. The number of likely N-dealkylation sites (tertiary alicyclic amines) is 1. The molecule has 26 heavy (non-hydrogen) atoms. The Bertz CT molecular complexity index is 801. The molecular formula is C18H19F2N3O3. The number of hydrogen-bond acceptors (Lipinski definition) is 4. The molecule has 0 unspecified atom stereocenters. The van der Waals surface area contributed by atoms with Gasteiger partial charge in [-0.15, -0.1) is 0 Å². The lowest BCUT2D eigenvalue weighted by atomic mass is 10.1. The minimum Gasteiger partial charge on any atom is -0.355 e. The van der Waals surface area contributed by atoms with Crippen molar-refractivity contribution in [3.8, 4) is 11.3 Å². The Kier molecular flexibility index (Phi) is 5.60. The quantitative estimate of drug-likeness (QED) is 0.886. The fourth-order valence-corrected chi connectivity index (χ4v) is 2.84. The summed E-state index contributed by atoms with van der Waals surface area (Å²) in [6.45, 7) is 1.74. The number of aromatic nitrogens is 1. The zero-order valence-corrected chi connectivity index (χ0v) is 14.1. The van der Waals surface area contributed by atoms with Crippen LogP contribution >= 0.6 is 0 Å². The average Bonchev–Trinajstić information content (AvgIpc) is 3.15. The maximum Gasteiger partial charge on any atom is 0.273 e. The van der Waals surface area contributed by atoms with Crippen molar-refractivity contribution in [2.45, 2.75) is 25.7 Å². The van der Waals surface area contributed by atoms with E-state index in [9.17, 15) is 18.4 Å². The molecule has 0 bridgehead atoms. The minimum atomic E-state index is -1.01. The first-order valence-corrected chi connectivity index (χ1v) is 8.53. The summed E-state index contributed by atoms with van der Waals surface area (Å²) in [5.74, 6) is -2.30. The van der Waals surface area contributed by atoms with Crippen LogP contribution in [0.5, 0.6) is 0 Å². The van der Waals surface area contributed by atoms with Crippen molar-refractivity contribution < 1.29 is 22.9 Å². The molecule has 1 aromatic carbocycles. The van der Waals surface area contributed by atoms with Crippen molar-refractivity contribution in [1.82, 2.24) is 15.4 Å². The number of benzene rings is 1. The highest BCUT2D eigenvalue weighted by molar-refractivity contribution is 5.93. The third kappa shape index (κ3) is 4.25. The standard InChI is InChI=1S/C18H19F2N3O3/c19-13-5-4-12(10-14(13)20)16-11-15(22-26-16)18(25)21-7-6-17(24)23-8-2-1-3-9-23/h4-5,10-11H,1-3,6-9H2,(H,21,25). The molecule has 1 saturated heterocycles. The monoisotopic (exact) mass is 363 g/mol. The molecule has 138 valence electrons. The van der Waals surface area contributed by atoms with Gasteiger partial charge in [0.1, 0.15) is 0 Å². The smallest absolute Gasteiger partial charge is 0.273 e. The lowest BCUT2D eigenvalue weighted by molar-refractivity contribution is -0.131. The number of piperidine rings is 1. The SMILES string of the molecule is O=C(NCCC(=O)N1CCCCC1)c1cc(-c2ccc(F)c(F)c2)on1. The Hall–Kier alpha value is -2.77. The summed E-state index contributed by atoms with van der Waals surface area (Å²) in [6, 6.07) is 4.61. The third-order valence-corrected chi connectivity index (χ3v) is 4.28. The Morgan fingerprint density at radius 2 is 1.88 bits per heavy atom. The number of hydrogen-bond donors (Lipinski definition) is 1. The van der Waals surface area contributed by atoms with Gasteiger partial charge < -0.3 is 14.7 Å². The average molecular weight is 363 g/mol. The molecule has 1 aromatic heterocycles. The number of carbonyl (C=O) groups excluding carboxylic acids is 2. The molecule has 0 radical (unpaired) electrons. The van der Waals surface area contributed by atoms with Crippen LogP contribution in [0.15, 0.2) is 28.8 Å². The summed E-state index contributed by atoms with van der Waals surface area (Å²) in [6.07, 6.45) is 3.40. The highest BCUT2D eigenvalue weighted by Crippen LogP contribution is 2.22. The van der Waals surface area contributed by atoms with Gasteiger partial charge in [-0.2, -0.15) is 0 Å². The predicted molar refractivity (Wildman–Crippen MR) is 89.2 cm³/mol. The van der Waals surface area contributed by atoms with E-state index in [0.29, 0.717) is 0 Å². The molecular weight excluding hydrogens is 344 g/mol. The van der Waals surface area contributed by atoms with Gasteiger partial charge in [0.25, 0.3) is 5.91 Å². The number of rotatable bonds is 5. The number of nitrogens with one attached hydrogen (secondary N) is 1. The summed E-state index contributed by atoms with van der Waals surface area (Å²) in [5.41, 5.74) is 0.283.